The highest BCUT2D eigenvalue weighted by Gasteiger charge is 2.18. The van der Waals surface area contributed by atoms with Crippen LogP contribution in [0.3, 0.4) is 0 Å². The van der Waals surface area contributed by atoms with Crippen LogP contribution in [0.5, 0.6) is 5.75 Å². The van der Waals surface area contributed by atoms with Gasteiger partial charge in [0.25, 0.3) is 0 Å². The number of anilines is 1. The molecular formula is C28H37Cl2FN2O3. The fourth-order valence-corrected chi connectivity index (χ4v) is 3.51. The Morgan fingerprint density at radius 1 is 0.861 bits per heavy atom. The highest BCUT2D eigenvalue weighted by Crippen LogP contribution is 2.30. The quantitative estimate of drug-likeness (QED) is 0.400. The Balaban J connectivity index is 0.000000312. The van der Waals surface area contributed by atoms with Gasteiger partial charge in [-0.15, -0.1) is 0 Å². The van der Waals surface area contributed by atoms with Crippen molar-refractivity contribution in [3.05, 3.63) is 94.2 Å². The molecule has 0 aromatic heterocycles. The summed E-state index contributed by atoms with van der Waals surface area (Å²) < 4.78 is 17.4. The maximum Gasteiger partial charge on any atom is 0.123 e. The Hall–Kier alpha value is -2.35. The molecular weight excluding hydrogens is 502 g/mol. The highest BCUT2D eigenvalue weighted by molar-refractivity contribution is 6.33. The molecule has 0 spiro atoms. The molecule has 0 saturated carbocycles. The number of ether oxygens (including phenoxy) is 1. The Kier molecular flexibility index (Phi) is 16.6. The Bertz CT molecular complexity index is 934. The van der Waals surface area contributed by atoms with E-state index in [0.717, 1.165) is 42.5 Å². The summed E-state index contributed by atoms with van der Waals surface area (Å²) in [6.07, 6.45) is 0. The number of piperazine rings is 1. The van der Waals surface area contributed by atoms with E-state index in [1.807, 2.05) is 68.1 Å². The smallest absolute Gasteiger partial charge is 0.123 e. The Morgan fingerprint density at radius 3 is 1.92 bits per heavy atom. The molecule has 0 radical (unpaired) electrons. The van der Waals surface area contributed by atoms with Gasteiger partial charge in [0.05, 0.1) is 24.0 Å². The first-order valence-electron chi connectivity index (χ1n) is 12.0. The number of aliphatic hydroxyl groups excluding tert-OH is 2. The molecule has 0 bridgehead atoms. The summed E-state index contributed by atoms with van der Waals surface area (Å²) in [5.41, 5.74) is 2.07. The zero-order valence-electron chi connectivity index (χ0n) is 21.2. The van der Waals surface area contributed by atoms with Gasteiger partial charge in [-0.2, -0.15) is 0 Å². The molecule has 1 saturated heterocycles. The van der Waals surface area contributed by atoms with Crippen LogP contribution >= 0.6 is 23.2 Å². The summed E-state index contributed by atoms with van der Waals surface area (Å²) in [4.78, 5) is 4.19. The minimum atomic E-state index is -0.171. The highest BCUT2D eigenvalue weighted by atomic mass is 35.5. The largest absolute Gasteiger partial charge is 0.491 e. The van der Waals surface area contributed by atoms with Crippen molar-refractivity contribution in [2.45, 2.75) is 20.8 Å². The maximum absolute atomic E-state index is 12.1. The van der Waals surface area contributed by atoms with Gasteiger partial charge in [-0.1, -0.05) is 72.9 Å². The van der Waals surface area contributed by atoms with E-state index in [9.17, 15) is 4.39 Å². The van der Waals surface area contributed by atoms with Crippen molar-refractivity contribution in [2.75, 3.05) is 51.0 Å². The number of hydrogen-bond acceptors (Lipinski definition) is 5. The van der Waals surface area contributed by atoms with Crippen molar-refractivity contribution in [1.29, 1.82) is 0 Å². The number of hydrogen-bond donors (Lipinski definition) is 2. The lowest BCUT2D eigenvalue weighted by Crippen LogP contribution is -2.46. The first-order valence-corrected chi connectivity index (χ1v) is 12.7. The fraction of sp³-hybridized carbons (Fsp3) is 0.357. The average Bonchev–Trinajstić information content (AvgIpc) is 2.92. The van der Waals surface area contributed by atoms with Crippen LogP contribution in [0.4, 0.5) is 10.1 Å². The molecule has 198 valence electrons. The first-order chi connectivity index (χ1) is 17.4. The molecule has 1 fully saturated rings. The second kappa shape index (κ2) is 18.9. The van der Waals surface area contributed by atoms with Crippen LogP contribution in [0.2, 0.25) is 10.0 Å². The number of aryl methyl sites for hydroxylation is 1. The van der Waals surface area contributed by atoms with Crippen LogP contribution < -0.4 is 9.64 Å². The van der Waals surface area contributed by atoms with E-state index < -0.39 is 0 Å². The lowest BCUT2D eigenvalue weighted by atomic mass is 10.2. The lowest BCUT2D eigenvalue weighted by molar-refractivity contribution is 0.102. The topological polar surface area (TPSA) is 56.2 Å². The van der Waals surface area contributed by atoms with Gasteiger partial charge in [0, 0.05) is 37.3 Å². The van der Waals surface area contributed by atoms with Crippen molar-refractivity contribution in [3.8, 4) is 5.75 Å². The molecule has 4 rings (SSSR count). The third-order valence-corrected chi connectivity index (χ3v) is 5.49. The molecule has 1 heterocycles. The first kappa shape index (κ1) is 31.7. The summed E-state index contributed by atoms with van der Waals surface area (Å²) in [6.45, 7) is 9.64. The van der Waals surface area contributed by atoms with E-state index >= 15 is 0 Å². The van der Waals surface area contributed by atoms with Gasteiger partial charge in [-0.25, -0.2) is 4.39 Å². The molecule has 3 aromatic rings. The summed E-state index contributed by atoms with van der Waals surface area (Å²) in [6, 6.07) is 21.4. The minimum Gasteiger partial charge on any atom is -0.491 e. The zero-order chi connectivity index (χ0) is 26.8. The van der Waals surface area contributed by atoms with Gasteiger partial charge in [0.15, 0.2) is 0 Å². The minimum absolute atomic E-state index is 0.0114. The summed E-state index contributed by atoms with van der Waals surface area (Å²) in [7, 11) is 0. The van der Waals surface area contributed by atoms with Crippen LogP contribution in [0.25, 0.3) is 0 Å². The monoisotopic (exact) mass is 538 g/mol. The van der Waals surface area contributed by atoms with Crippen molar-refractivity contribution in [3.63, 3.8) is 0 Å². The molecule has 36 heavy (non-hydrogen) atoms. The van der Waals surface area contributed by atoms with E-state index in [0.29, 0.717) is 10.8 Å². The van der Waals surface area contributed by atoms with Crippen LogP contribution in [0, 0.1) is 12.7 Å². The van der Waals surface area contributed by atoms with E-state index in [2.05, 4.69) is 4.90 Å². The van der Waals surface area contributed by atoms with Gasteiger partial charge >= 0.3 is 0 Å². The van der Waals surface area contributed by atoms with Crippen LogP contribution in [0.15, 0.2) is 72.8 Å². The zero-order valence-corrected chi connectivity index (χ0v) is 22.7. The molecule has 0 amide bonds. The summed E-state index contributed by atoms with van der Waals surface area (Å²) >= 11 is 11.8. The van der Waals surface area contributed by atoms with E-state index in [1.165, 1.54) is 12.1 Å². The van der Waals surface area contributed by atoms with Crippen molar-refractivity contribution >= 4 is 28.9 Å². The van der Waals surface area contributed by atoms with Crippen molar-refractivity contribution in [2.24, 2.45) is 0 Å². The molecule has 0 aliphatic carbocycles. The molecule has 8 heteroatoms. The van der Waals surface area contributed by atoms with Gasteiger partial charge < -0.3 is 19.8 Å². The molecule has 2 N–H and O–H groups in total. The predicted molar refractivity (Wildman–Crippen MR) is 149 cm³/mol. The average molecular weight is 540 g/mol. The van der Waals surface area contributed by atoms with Crippen LogP contribution in [-0.2, 0) is 0 Å². The third-order valence-electron chi connectivity index (χ3n) is 4.94. The van der Waals surface area contributed by atoms with Gasteiger partial charge in [0.1, 0.15) is 18.2 Å². The lowest BCUT2D eigenvalue weighted by Gasteiger charge is -2.35. The van der Waals surface area contributed by atoms with Crippen LogP contribution in [-0.4, -0.2) is 61.2 Å². The number of benzene rings is 3. The SMILES string of the molecule is CC.Cc1ccc(F)cc1.Clc1ccccc1.OCCOc1ccc(N2CCN(CO)CC2)c(Cl)c1. The van der Waals surface area contributed by atoms with E-state index in [1.54, 1.807) is 18.2 Å². The number of halogens is 3. The molecule has 0 unspecified atom stereocenters. The van der Waals surface area contributed by atoms with Crippen molar-refractivity contribution in [1.82, 2.24) is 4.90 Å². The second-order valence-electron chi connectivity index (χ2n) is 7.52. The Morgan fingerprint density at radius 2 is 1.47 bits per heavy atom. The number of aliphatic hydroxyl groups is 2. The normalized spacial score (nSPS) is 12.7. The fourth-order valence-electron chi connectivity index (χ4n) is 3.08. The molecule has 3 aromatic carbocycles. The second-order valence-corrected chi connectivity index (χ2v) is 8.37. The maximum atomic E-state index is 12.1. The van der Waals surface area contributed by atoms with Gasteiger partial charge in [-0.3, -0.25) is 4.90 Å². The third kappa shape index (κ3) is 12.6. The summed E-state index contributed by atoms with van der Waals surface area (Å²) in [5.74, 6) is 0.493. The molecule has 0 atom stereocenters. The van der Waals surface area contributed by atoms with E-state index in [-0.39, 0.29) is 25.8 Å². The van der Waals surface area contributed by atoms with Crippen molar-refractivity contribution < 1.29 is 19.3 Å². The van der Waals surface area contributed by atoms with E-state index in [4.69, 9.17) is 38.2 Å². The molecule has 1 aliphatic heterocycles. The standard InChI is InChI=1S/C13H19ClN2O3.C7H7F.C6H5Cl.C2H6/c14-12-9-11(19-8-7-17)1-2-13(12)16-5-3-15(10-18)4-6-16;1-6-2-4-7(8)5-3-6;7-6-4-2-1-3-5-6;1-2/h1-2,9,17-18H,3-8,10H2;2-5H,1H3;1-5H;1-2H3. The molecule has 5 nitrogen and oxygen atoms in total. The van der Waals surface area contributed by atoms with Gasteiger partial charge in [-0.05, 0) is 43.3 Å². The predicted octanol–water partition coefficient (Wildman–Crippen LogP) is 6.28. The van der Waals surface area contributed by atoms with Crippen LogP contribution in [0.1, 0.15) is 19.4 Å². The Labute approximate surface area is 224 Å². The summed E-state index contributed by atoms with van der Waals surface area (Å²) in [5, 5.41) is 19.2. The number of nitrogens with zero attached hydrogens (tertiary/aromatic N) is 2. The van der Waals surface area contributed by atoms with Gasteiger partial charge in [0.2, 0.25) is 0 Å². The molecule has 1 aliphatic rings. The number of rotatable bonds is 5.